The molecule has 2 N–H and O–H groups in total. The van der Waals surface area contributed by atoms with Gasteiger partial charge in [0.1, 0.15) is 17.7 Å². The first kappa shape index (κ1) is 32.0. The molecule has 0 aromatic heterocycles. The predicted molar refractivity (Wildman–Crippen MR) is 169 cm³/mol. The van der Waals surface area contributed by atoms with Crippen molar-refractivity contribution >= 4 is 46.1 Å². The third kappa shape index (κ3) is 8.73. The Balaban J connectivity index is 2.04. The van der Waals surface area contributed by atoms with Crippen molar-refractivity contribution in [3.8, 4) is 0 Å². The number of thioether (sulfide) groups is 1. The number of hydrogen-bond donors (Lipinski definition) is 2. The van der Waals surface area contributed by atoms with E-state index >= 15 is 0 Å². The summed E-state index contributed by atoms with van der Waals surface area (Å²) in [6.07, 6.45) is 2.32. The molecular formula is C33H43N3O4S. The van der Waals surface area contributed by atoms with Crippen molar-refractivity contribution < 1.29 is 19.1 Å². The van der Waals surface area contributed by atoms with Gasteiger partial charge in [-0.2, -0.15) is 11.8 Å². The van der Waals surface area contributed by atoms with Crippen LogP contribution in [-0.2, 0) is 14.3 Å². The molecule has 3 rings (SSSR count). The van der Waals surface area contributed by atoms with Crippen LogP contribution in [0.15, 0.2) is 66.7 Å². The van der Waals surface area contributed by atoms with Crippen LogP contribution >= 0.6 is 11.8 Å². The highest BCUT2D eigenvalue weighted by molar-refractivity contribution is 7.98. The number of aryl methyl sites for hydroxylation is 1. The minimum atomic E-state index is -0.915. The van der Waals surface area contributed by atoms with E-state index in [0.717, 1.165) is 21.9 Å². The molecule has 3 aromatic carbocycles. The highest BCUT2D eigenvalue weighted by atomic mass is 32.2. The molecule has 3 amide bonds. The van der Waals surface area contributed by atoms with Gasteiger partial charge >= 0.3 is 6.09 Å². The molecule has 3 aromatic rings. The van der Waals surface area contributed by atoms with Crippen LogP contribution in [0.4, 0.5) is 10.5 Å². The zero-order chi connectivity index (χ0) is 30.2. The maximum absolute atomic E-state index is 14.4. The first-order valence-corrected chi connectivity index (χ1v) is 15.5. The molecule has 0 bridgehead atoms. The van der Waals surface area contributed by atoms with Crippen LogP contribution in [0.25, 0.3) is 10.8 Å². The zero-order valence-corrected chi connectivity index (χ0v) is 26.0. The zero-order valence-electron chi connectivity index (χ0n) is 25.2. The van der Waals surface area contributed by atoms with Gasteiger partial charge in [-0.1, -0.05) is 61.5 Å². The number of nitrogens with one attached hydrogen (secondary N) is 2. The first-order chi connectivity index (χ1) is 19.4. The summed E-state index contributed by atoms with van der Waals surface area (Å²) >= 11 is 1.59. The SMILES string of the molecule is CCC(C)N(C(=O)C(CCSC)NC(=O)OC(C)(C)C)C(C(=O)Nc1ccc2ccccc2c1)c1ccccc1C. The molecule has 41 heavy (non-hydrogen) atoms. The van der Waals surface area contributed by atoms with Crippen LogP contribution < -0.4 is 10.6 Å². The van der Waals surface area contributed by atoms with Gasteiger partial charge in [-0.05, 0) is 93.5 Å². The lowest BCUT2D eigenvalue weighted by Crippen LogP contribution is -2.55. The summed E-state index contributed by atoms with van der Waals surface area (Å²) in [5.41, 5.74) is 1.57. The minimum absolute atomic E-state index is 0.285. The normalized spacial score (nSPS) is 13.6. The second-order valence-corrected chi connectivity index (χ2v) is 12.3. The quantitative estimate of drug-likeness (QED) is 0.254. The van der Waals surface area contributed by atoms with E-state index < -0.39 is 23.8 Å². The molecule has 0 fully saturated rings. The smallest absolute Gasteiger partial charge is 0.408 e. The van der Waals surface area contributed by atoms with E-state index in [0.29, 0.717) is 24.3 Å². The molecule has 0 aliphatic heterocycles. The summed E-state index contributed by atoms with van der Waals surface area (Å²) in [7, 11) is 0. The van der Waals surface area contributed by atoms with E-state index in [2.05, 4.69) is 10.6 Å². The molecule has 0 aliphatic carbocycles. The topological polar surface area (TPSA) is 87.7 Å². The average Bonchev–Trinajstić information content (AvgIpc) is 2.92. The van der Waals surface area contributed by atoms with Crippen molar-refractivity contribution in [2.24, 2.45) is 0 Å². The van der Waals surface area contributed by atoms with E-state index in [1.54, 1.807) is 37.4 Å². The van der Waals surface area contributed by atoms with Crippen molar-refractivity contribution in [2.75, 3.05) is 17.3 Å². The fourth-order valence-corrected chi connectivity index (χ4v) is 5.18. The molecule has 0 saturated carbocycles. The lowest BCUT2D eigenvalue weighted by Gasteiger charge is -2.38. The maximum Gasteiger partial charge on any atom is 0.408 e. The first-order valence-electron chi connectivity index (χ1n) is 14.1. The van der Waals surface area contributed by atoms with Gasteiger partial charge in [0, 0.05) is 11.7 Å². The Labute approximate surface area is 248 Å². The number of amides is 3. The van der Waals surface area contributed by atoms with E-state index in [9.17, 15) is 14.4 Å². The van der Waals surface area contributed by atoms with Crippen molar-refractivity contribution in [3.05, 3.63) is 77.9 Å². The van der Waals surface area contributed by atoms with Gasteiger partial charge in [0.2, 0.25) is 5.91 Å². The molecule has 0 radical (unpaired) electrons. The molecule has 0 aliphatic rings. The van der Waals surface area contributed by atoms with Crippen LogP contribution in [0.3, 0.4) is 0 Å². The number of ether oxygens (including phenoxy) is 1. The predicted octanol–water partition coefficient (Wildman–Crippen LogP) is 7.10. The molecular weight excluding hydrogens is 534 g/mol. The summed E-state index contributed by atoms with van der Waals surface area (Å²) < 4.78 is 5.48. The second kappa shape index (κ2) is 14.4. The van der Waals surface area contributed by atoms with Crippen LogP contribution in [0.5, 0.6) is 0 Å². The summed E-state index contributed by atoms with van der Waals surface area (Å²) in [6.45, 7) is 11.2. The van der Waals surface area contributed by atoms with Gasteiger partial charge < -0.3 is 20.3 Å². The third-order valence-electron chi connectivity index (χ3n) is 6.95. The summed E-state index contributed by atoms with van der Waals surface area (Å²) in [4.78, 5) is 43.0. The fraction of sp³-hybridized carbons (Fsp3) is 0.424. The molecule has 7 nitrogen and oxygen atoms in total. The summed E-state index contributed by atoms with van der Waals surface area (Å²) in [6, 6.07) is 19.3. The summed E-state index contributed by atoms with van der Waals surface area (Å²) in [5, 5.41) is 7.96. The molecule has 3 unspecified atom stereocenters. The van der Waals surface area contributed by atoms with Gasteiger partial charge in [0.25, 0.3) is 5.91 Å². The maximum atomic E-state index is 14.4. The number of rotatable bonds is 11. The number of benzene rings is 3. The van der Waals surface area contributed by atoms with Crippen molar-refractivity contribution in [2.45, 2.75) is 78.1 Å². The second-order valence-electron chi connectivity index (χ2n) is 11.3. The van der Waals surface area contributed by atoms with E-state index in [-0.39, 0.29) is 17.9 Å². The monoisotopic (exact) mass is 577 g/mol. The molecule has 0 saturated heterocycles. The van der Waals surface area contributed by atoms with Crippen molar-refractivity contribution in [1.29, 1.82) is 0 Å². The number of hydrogen-bond acceptors (Lipinski definition) is 5. The van der Waals surface area contributed by atoms with E-state index in [4.69, 9.17) is 4.74 Å². The van der Waals surface area contributed by atoms with Gasteiger partial charge in [-0.25, -0.2) is 4.79 Å². The Morgan fingerprint density at radius 2 is 1.63 bits per heavy atom. The van der Waals surface area contributed by atoms with E-state index in [1.807, 2.05) is 93.8 Å². The van der Waals surface area contributed by atoms with Gasteiger partial charge in [0.15, 0.2) is 0 Å². The summed E-state index contributed by atoms with van der Waals surface area (Å²) in [5.74, 6) is 0.0177. The lowest BCUT2D eigenvalue weighted by molar-refractivity contribution is -0.143. The molecule has 3 atom stereocenters. The lowest BCUT2D eigenvalue weighted by atomic mass is 9.96. The number of nitrogens with zero attached hydrogens (tertiary/aromatic N) is 1. The van der Waals surface area contributed by atoms with Gasteiger partial charge in [-0.15, -0.1) is 0 Å². The number of anilines is 1. The Hall–Kier alpha value is -3.52. The van der Waals surface area contributed by atoms with E-state index in [1.165, 1.54) is 0 Å². The largest absolute Gasteiger partial charge is 0.444 e. The van der Waals surface area contributed by atoms with Crippen molar-refractivity contribution in [1.82, 2.24) is 10.2 Å². The fourth-order valence-electron chi connectivity index (χ4n) is 4.71. The van der Waals surface area contributed by atoms with Crippen LogP contribution in [0.2, 0.25) is 0 Å². The average molecular weight is 578 g/mol. The van der Waals surface area contributed by atoms with Crippen LogP contribution in [-0.4, -0.2) is 52.5 Å². The molecule has 8 heteroatoms. The molecule has 220 valence electrons. The Bertz CT molecular complexity index is 1350. The standard InChI is InChI=1S/C33H43N3O4S/c1-8-23(3)36(31(38)28(19-20-41-7)35-32(39)40-33(4,5)6)29(27-16-12-9-13-22(27)2)30(37)34-26-18-17-24-14-10-11-15-25(24)21-26/h9-18,21,23,28-29H,8,19-20H2,1-7H3,(H,34,37)(H,35,39). The highest BCUT2D eigenvalue weighted by Crippen LogP contribution is 2.30. The number of alkyl carbamates (subject to hydrolysis) is 1. The minimum Gasteiger partial charge on any atom is -0.444 e. The van der Waals surface area contributed by atoms with Gasteiger partial charge in [0.05, 0.1) is 0 Å². The van der Waals surface area contributed by atoms with Crippen LogP contribution in [0, 0.1) is 6.92 Å². The highest BCUT2D eigenvalue weighted by Gasteiger charge is 2.39. The Kier molecular flexibility index (Phi) is 11.2. The molecule has 0 spiro atoms. The van der Waals surface area contributed by atoms with Crippen LogP contribution in [0.1, 0.15) is 64.6 Å². The Morgan fingerprint density at radius 1 is 0.976 bits per heavy atom. The number of fused-ring (bicyclic) bond motifs is 1. The number of carbonyl (C=O) groups excluding carboxylic acids is 3. The Morgan fingerprint density at radius 3 is 2.27 bits per heavy atom. The number of carbonyl (C=O) groups is 3. The third-order valence-corrected chi connectivity index (χ3v) is 7.59. The molecule has 0 heterocycles. The van der Waals surface area contributed by atoms with Crippen molar-refractivity contribution in [3.63, 3.8) is 0 Å². The van der Waals surface area contributed by atoms with Gasteiger partial charge in [-0.3, -0.25) is 9.59 Å².